The molecule has 19 heavy (non-hydrogen) atoms. The molecule has 0 heterocycles. The second kappa shape index (κ2) is 10.0. The zero-order valence-corrected chi connectivity index (χ0v) is 13.4. The number of nitrogens with one attached hydrogen (secondary N) is 1. The summed E-state index contributed by atoms with van der Waals surface area (Å²) in [5, 5.41) is 5.42. The number of para-hydroxylation sites is 1. The quantitative estimate of drug-likeness (QED) is 0.378. The zero-order valence-electron chi connectivity index (χ0n) is 11.8. The van der Waals surface area contributed by atoms with E-state index >= 15 is 0 Å². The fourth-order valence-electron chi connectivity index (χ4n) is 1.60. The van der Waals surface area contributed by atoms with Crippen LogP contribution < -0.4 is 5.32 Å². The van der Waals surface area contributed by atoms with Crippen molar-refractivity contribution in [2.45, 2.75) is 39.5 Å². The van der Waals surface area contributed by atoms with Crippen LogP contribution in [0, 0.1) is 0 Å². The fourth-order valence-corrected chi connectivity index (χ4v) is 2.71. The van der Waals surface area contributed by atoms with Crippen molar-refractivity contribution in [3.63, 3.8) is 0 Å². The largest absolute Gasteiger partial charge is 0.346 e. The molecule has 0 amide bonds. The number of thiocarbonyl (C=S) groups is 1. The molecule has 0 aromatic heterocycles. The van der Waals surface area contributed by atoms with Gasteiger partial charge in [-0.2, -0.15) is 0 Å². The van der Waals surface area contributed by atoms with Crippen LogP contribution in [0.5, 0.6) is 0 Å². The molecule has 3 heteroatoms. The van der Waals surface area contributed by atoms with Crippen LogP contribution in [0.15, 0.2) is 41.3 Å². The van der Waals surface area contributed by atoms with Gasteiger partial charge in [-0.15, -0.1) is 11.8 Å². The molecule has 104 valence electrons. The summed E-state index contributed by atoms with van der Waals surface area (Å²) < 4.78 is 0. The predicted octanol–water partition coefficient (Wildman–Crippen LogP) is 5.64. The van der Waals surface area contributed by atoms with Crippen molar-refractivity contribution in [3.8, 4) is 0 Å². The van der Waals surface area contributed by atoms with E-state index in [1.807, 2.05) is 42.1 Å². The van der Waals surface area contributed by atoms with E-state index in [1.54, 1.807) is 0 Å². The number of thioether (sulfide) groups is 1. The average Bonchev–Trinajstić information content (AvgIpc) is 2.43. The maximum absolute atomic E-state index is 5.39. The summed E-state index contributed by atoms with van der Waals surface area (Å²) in [6.45, 7) is 4.31. The molecule has 1 nitrogen and oxygen atoms in total. The topological polar surface area (TPSA) is 12.0 Å². The molecule has 0 bridgehead atoms. The smallest absolute Gasteiger partial charge is 0.107 e. The third-order valence-electron chi connectivity index (χ3n) is 2.77. The molecule has 0 saturated heterocycles. The third-order valence-corrected chi connectivity index (χ3v) is 4.23. The summed E-state index contributed by atoms with van der Waals surface area (Å²) in [4.78, 5) is 0.812. The highest BCUT2D eigenvalue weighted by atomic mass is 32.2. The van der Waals surface area contributed by atoms with Crippen molar-refractivity contribution in [1.29, 1.82) is 0 Å². The Balaban J connectivity index is 2.27. The predicted molar refractivity (Wildman–Crippen MR) is 93.0 cm³/mol. The van der Waals surface area contributed by atoms with Gasteiger partial charge in [0, 0.05) is 5.69 Å². The van der Waals surface area contributed by atoms with Crippen molar-refractivity contribution < 1.29 is 0 Å². The first-order valence-corrected chi connectivity index (χ1v) is 8.34. The number of hydrogen-bond donors (Lipinski definition) is 1. The molecule has 0 fully saturated rings. The second-order valence-corrected chi connectivity index (χ2v) is 5.94. The van der Waals surface area contributed by atoms with E-state index in [0.717, 1.165) is 16.2 Å². The molecule has 0 atom stereocenters. The van der Waals surface area contributed by atoms with Gasteiger partial charge in [0.1, 0.15) is 4.99 Å². The number of hydrogen-bond acceptors (Lipinski definition) is 2. The molecule has 0 saturated carbocycles. The van der Waals surface area contributed by atoms with Gasteiger partial charge >= 0.3 is 0 Å². The molecule has 0 aliphatic rings. The molecular formula is C16H23NS2. The molecule has 0 aliphatic heterocycles. The summed E-state index contributed by atoms with van der Waals surface area (Å²) >= 11 is 7.25. The van der Waals surface area contributed by atoms with Gasteiger partial charge in [-0.3, -0.25) is 0 Å². The minimum Gasteiger partial charge on any atom is -0.346 e. The first-order chi connectivity index (χ1) is 9.24. The van der Waals surface area contributed by atoms with Crippen molar-refractivity contribution in [2.75, 3.05) is 11.1 Å². The van der Waals surface area contributed by atoms with Gasteiger partial charge in [-0.1, -0.05) is 56.6 Å². The Kier molecular flexibility index (Phi) is 8.59. The SMILES string of the molecule is CCCCCCSC=C(C)C(=S)Nc1ccccc1. The van der Waals surface area contributed by atoms with Crippen LogP contribution in [-0.4, -0.2) is 10.7 Å². The van der Waals surface area contributed by atoms with Crippen LogP contribution in [0.1, 0.15) is 39.5 Å². The fraction of sp³-hybridized carbons (Fsp3) is 0.438. The number of anilines is 1. The Morgan fingerprint density at radius 2 is 1.95 bits per heavy atom. The number of unbranched alkanes of at least 4 members (excludes halogenated alkanes) is 3. The maximum Gasteiger partial charge on any atom is 0.107 e. The molecule has 1 N–H and O–H groups in total. The maximum atomic E-state index is 5.39. The highest BCUT2D eigenvalue weighted by Crippen LogP contribution is 2.14. The van der Waals surface area contributed by atoms with Gasteiger partial charge in [0.2, 0.25) is 0 Å². The molecule has 0 radical (unpaired) electrons. The van der Waals surface area contributed by atoms with Crippen LogP contribution in [0.2, 0.25) is 0 Å². The molecule has 1 aromatic rings. The first-order valence-electron chi connectivity index (χ1n) is 6.88. The van der Waals surface area contributed by atoms with Crippen LogP contribution in [0.4, 0.5) is 5.69 Å². The van der Waals surface area contributed by atoms with Crippen molar-refractivity contribution in [3.05, 3.63) is 41.3 Å². The van der Waals surface area contributed by atoms with Gasteiger partial charge < -0.3 is 5.32 Å². The lowest BCUT2D eigenvalue weighted by molar-refractivity contribution is 0.707. The van der Waals surface area contributed by atoms with E-state index in [-0.39, 0.29) is 0 Å². The highest BCUT2D eigenvalue weighted by molar-refractivity contribution is 8.02. The van der Waals surface area contributed by atoms with Gasteiger partial charge in [-0.05, 0) is 42.2 Å². The van der Waals surface area contributed by atoms with E-state index in [4.69, 9.17) is 12.2 Å². The summed E-state index contributed by atoms with van der Waals surface area (Å²) in [5.74, 6) is 1.19. The van der Waals surface area contributed by atoms with E-state index < -0.39 is 0 Å². The summed E-state index contributed by atoms with van der Waals surface area (Å²) in [6.07, 6.45) is 5.27. The molecule has 0 spiro atoms. The Morgan fingerprint density at radius 1 is 1.21 bits per heavy atom. The van der Waals surface area contributed by atoms with Crippen LogP contribution in [0.25, 0.3) is 0 Å². The van der Waals surface area contributed by atoms with Crippen molar-refractivity contribution in [1.82, 2.24) is 0 Å². The first kappa shape index (κ1) is 16.3. The number of rotatable bonds is 8. The normalized spacial score (nSPS) is 11.4. The summed E-state index contributed by atoms with van der Waals surface area (Å²) in [6, 6.07) is 10.1. The second-order valence-electron chi connectivity index (χ2n) is 4.55. The Bertz CT molecular complexity index is 398. The number of benzene rings is 1. The monoisotopic (exact) mass is 293 g/mol. The van der Waals surface area contributed by atoms with Gasteiger partial charge in [0.05, 0.1) is 0 Å². The standard InChI is InChI=1S/C16H23NS2/c1-3-4-5-9-12-19-13-14(2)16(18)17-15-10-7-6-8-11-15/h6-8,10-11,13H,3-5,9,12H2,1-2H3,(H,17,18). The van der Waals surface area contributed by atoms with E-state index in [2.05, 4.69) is 24.6 Å². The Labute approximate surface area is 126 Å². The van der Waals surface area contributed by atoms with Gasteiger partial charge in [0.25, 0.3) is 0 Å². The van der Waals surface area contributed by atoms with Crippen LogP contribution in [0.3, 0.4) is 0 Å². The molecular weight excluding hydrogens is 270 g/mol. The van der Waals surface area contributed by atoms with Crippen LogP contribution >= 0.6 is 24.0 Å². The summed E-state index contributed by atoms with van der Waals surface area (Å²) in [5.41, 5.74) is 2.19. The van der Waals surface area contributed by atoms with Crippen molar-refractivity contribution >= 4 is 34.7 Å². The lowest BCUT2D eigenvalue weighted by atomic mass is 10.2. The minimum atomic E-state index is 0.812. The lowest BCUT2D eigenvalue weighted by Gasteiger charge is -2.08. The van der Waals surface area contributed by atoms with Gasteiger partial charge in [-0.25, -0.2) is 0 Å². The molecule has 0 aliphatic carbocycles. The van der Waals surface area contributed by atoms with Crippen molar-refractivity contribution in [2.24, 2.45) is 0 Å². The van der Waals surface area contributed by atoms with Gasteiger partial charge in [0.15, 0.2) is 0 Å². The lowest BCUT2D eigenvalue weighted by Crippen LogP contribution is -2.09. The summed E-state index contributed by atoms with van der Waals surface area (Å²) in [7, 11) is 0. The highest BCUT2D eigenvalue weighted by Gasteiger charge is 1.99. The molecule has 1 aromatic carbocycles. The Hall–Kier alpha value is -0.800. The Morgan fingerprint density at radius 3 is 2.63 bits per heavy atom. The zero-order chi connectivity index (χ0) is 13.9. The van der Waals surface area contributed by atoms with Crippen LogP contribution in [-0.2, 0) is 0 Å². The van der Waals surface area contributed by atoms with E-state index in [9.17, 15) is 0 Å². The third kappa shape index (κ3) is 7.38. The average molecular weight is 294 g/mol. The van der Waals surface area contributed by atoms with E-state index in [1.165, 1.54) is 31.4 Å². The minimum absolute atomic E-state index is 0.812. The molecule has 1 rings (SSSR count). The molecule has 0 unspecified atom stereocenters. The van der Waals surface area contributed by atoms with E-state index in [0.29, 0.717) is 0 Å².